The predicted octanol–water partition coefficient (Wildman–Crippen LogP) is 3.09. The highest BCUT2D eigenvalue weighted by molar-refractivity contribution is 8.00. The fraction of sp³-hybridized carbons (Fsp3) is 0.538. The molecule has 0 aliphatic rings. The Balaban J connectivity index is 2.42. The second-order valence-electron chi connectivity index (χ2n) is 4.20. The van der Waals surface area contributed by atoms with Gasteiger partial charge in [-0.2, -0.15) is 13.2 Å². The van der Waals surface area contributed by atoms with E-state index in [4.69, 9.17) is 5.73 Å². The van der Waals surface area contributed by atoms with Crippen LogP contribution in [0.2, 0.25) is 0 Å². The lowest BCUT2D eigenvalue weighted by Gasteiger charge is -2.22. The van der Waals surface area contributed by atoms with Crippen LogP contribution >= 0.6 is 11.8 Å². The number of rotatable bonds is 8. The molecule has 1 aromatic rings. The molecule has 108 valence electrons. The normalized spacial score (nSPS) is 12.1. The minimum Gasteiger partial charge on any atom is -0.330 e. The van der Waals surface area contributed by atoms with E-state index in [-0.39, 0.29) is 17.5 Å². The van der Waals surface area contributed by atoms with Crippen LogP contribution in [0, 0.1) is 0 Å². The minimum atomic E-state index is -4.15. The van der Waals surface area contributed by atoms with Crippen molar-refractivity contribution < 1.29 is 13.2 Å². The molecule has 0 amide bonds. The Morgan fingerprint density at radius 1 is 1.11 bits per heavy atom. The van der Waals surface area contributed by atoms with Crippen LogP contribution in [0.25, 0.3) is 0 Å². The van der Waals surface area contributed by atoms with Crippen molar-refractivity contribution in [2.75, 3.05) is 25.4 Å². The van der Waals surface area contributed by atoms with Crippen LogP contribution < -0.4 is 5.73 Å². The highest BCUT2D eigenvalue weighted by Gasteiger charge is 2.27. The first-order valence-corrected chi connectivity index (χ1v) is 7.17. The topological polar surface area (TPSA) is 29.3 Å². The maximum atomic E-state index is 12.1. The summed E-state index contributed by atoms with van der Waals surface area (Å²) < 4.78 is 36.3. The summed E-state index contributed by atoms with van der Waals surface area (Å²) in [6.45, 7) is 2.36. The second-order valence-corrected chi connectivity index (χ2v) is 5.36. The Labute approximate surface area is 116 Å². The number of hydrogen-bond donors (Lipinski definition) is 1. The molecule has 1 aromatic carbocycles. The smallest absolute Gasteiger partial charge is 0.330 e. The van der Waals surface area contributed by atoms with Gasteiger partial charge in [-0.05, 0) is 36.8 Å². The third kappa shape index (κ3) is 8.13. The number of halogens is 3. The molecule has 0 spiro atoms. The zero-order valence-corrected chi connectivity index (χ0v) is 11.5. The maximum Gasteiger partial charge on any atom is 0.441 e. The van der Waals surface area contributed by atoms with Gasteiger partial charge in [-0.15, -0.1) is 0 Å². The molecule has 6 heteroatoms. The summed E-state index contributed by atoms with van der Waals surface area (Å²) in [5, 5.41) is 0. The van der Waals surface area contributed by atoms with E-state index in [9.17, 15) is 13.2 Å². The third-order valence-corrected chi connectivity index (χ3v) is 3.31. The van der Waals surface area contributed by atoms with Crippen molar-refractivity contribution in [3.63, 3.8) is 0 Å². The molecule has 1 rings (SSSR count). The first kappa shape index (κ1) is 16.3. The van der Waals surface area contributed by atoms with Gasteiger partial charge in [0.2, 0.25) is 0 Å². The lowest BCUT2D eigenvalue weighted by molar-refractivity contribution is -0.0328. The van der Waals surface area contributed by atoms with E-state index < -0.39 is 5.51 Å². The first-order valence-electron chi connectivity index (χ1n) is 6.18. The van der Waals surface area contributed by atoms with Gasteiger partial charge in [-0.3, -0.25) is 4.90 Å². The standard InChI is InChI=1S/C13H19F3N2S/c14-13(15,16)19-10-9-18(8-4-7-17)11-12-5-2-1-3-6-12/h1-3,5-6H,4,7-11,17H2. The lowest BCUT2D eigenvalue weighted by atomic mass is 10.2. The average Bonchev–Trinajstić information content (AvgIpc) is 2.35. The summed E-state index contributed by atoms with van der Waals surface area (Å²) in [6.07, 6.45) is 0.795. The maximum absolute atomic E-state index is 12.1. The van der Waals surface area contributed by atoms with Crippen LogP contribution in [0.5, 0.6) is 0 Å². The number of alkyl halides is 3. The van der Waals surface area contributed by atoms with Crippen LogP contribution in [0.1, 0.15) is 12.0 Å². The van der Waals surface area contributed by atoms with Crippen LogP contribution in [-0.2, 0) is 6.54 Å². The molecule has 0 saturated carbocycles. The van der Waals surface area contributed by atoms with Gasteiger partial charge in [-0.1, -0.05) is 30.3 Å². The van der Waals surface area contributed by atoms with Crippen molar-refractivity contribution in [3.8, 4) is 0 Å². The number of nitrogens with zero attached hydrogens (tertiary/aromatic N) is 1. The molecular formula is C13H19F3N2S. The lowest BCUT2D eigenvalue weighted by Crippen LogP contribution is -2.28. The van der Waals surface area contributed by atoms with Crippen molar-refractivity contribution in [1.82, 2.24) is 4.90 Å². The van der Waals surface area contributed by atoms with Crippen LogP contribution in [0.4, 0.5) is 13.2 Å². The quantitative estimate of drug-likeness (QED) is 0.798. The van der Waals surface area contributed by atoms with Crippen molar-refractivity contribution >= 4 is 11.8 Å². The Morgan fingerprint density at radius 2 is 1.79 bits per heavy atom. The van der Waals surface area contributed by atoms with Gasteiger partial charge in [-0.25, -0.2) is 0 Å². The van der Waals surface area contributed by atoms with Crippen molar-refractivity contribution in [1.29, 1.82) is 0 Å². The van der Waals surface area contributed by atoms with Gasteiger partial charge >= 0.3 is 5.51 Å². The van der Waals surface area contributed by atoms with Crippen molar-refractivity contribution in [2.24, 2.45) is 5.73 Å². The van der Waals surface area contributed by atoms with Gasteiger partial charge in [0.25, 0.3) is 0 Å². The third-order valence-electron chi connectivity index (χ3n) is 2.60. The van der Waals surface area contributed by atoms with Gasteiger partial charge < -0.3 is 5.73 Å². The number of nitrogens with two attached hydrogens (primary N) is 1. The van der Waals surface area contributed by atoms with Crippen molar-refractivity contribution in [3.05, 3.63) is 35.9 Å². The molecule has 2 nitrogen and oxygen atoms in total. The molecule has 0 atom stereocenters. The highest BCUT2D eigenvalue weighted by Crippen LogP contribution is 2.29. The van der Waals surface area contributed by atoms with Crippen LogP contribution in [0.15, 0.2) is 30.3 Å². The molecule has 0 aliphatic carbocycles. The Hall–Kier alpha value is -0.720. The summed E-state index contributed by atoms with van der Waals surface area (Å²) >= 11 is 0.0330. The molecule has 19 heavy (non-hydrogen) atoms. The molecule has 0 aliphatic heterocycles. The molecule has 0 radical (unpaired) electrons. The largest absolute Gasteiger partial charge is 0.441 e. The molecule has 0 unspecified atom stereocenters. The Morgan fingerprint density at radius 3 is 2.37 bits per heavy atom. The van der Waals surface area contributed by atoms with Crippen LogP contribution in [-0.4, -0.2) is 35.8 Å². The molecule has 0 fully saturated rings. The van der Waals surface area contributed by atoms with Crippen molar-refractivity contribution in [2.45, 2.75) is 18.5 Å². The predicted molar refractivity (Wildman–Crippen MR) is 73.9 cm³/mol. The SMILES string of the molecule is NCCCN(CCSC(F)(F)F)Cc1ccccc1. The second kappa shape index (κ2) is 8.45. The van der Waals surface area contributed by atoms with E-state index in [0.29, 0.717) is 19.6 Å². The molecule has 2 N–H and O–H groups in total. The molecule has 0 aromatic heterocycles. The summed E-state index contributed by atoms with van der Waals surface area (Å²) in [4.78, 5) is 2.01. The van der Waals surface area contributed by atoms with E-state index in [0.717, 1.165) is 18.5 Å². The van der Waals surface area contributed by atoms with Gasteiger partial charge in [0, 0.05) is 18.8 Å². The molecule has 0 heterocycles. The van der Waals surface area contributed by atoms with Gasteiger partial charge in [0.05, 0.1) is 0 Å². The van der Waals surface area contributed by atoms with Gasteiger partial charge in [0.15, 0.2) is 0 Å². The van der Waals surface area contributed by atoms with E-state index >= 15 is 0 Å². The average molecular weight is 292 g/mol. The first-order chi connectivity index (χ1) is 9.01. The number of thioether (sulfide) groups is 1. The van der Waals surface area contributed by atoms with E-state index in [1.807, 2.05) is 35.2 Å². The Bertz CT molecular complexity index is 343. The van der Waals surface area contributed by atoms with E-state index in [1.54, 1.807) is 0 Å². The number of hydrogen-bond acceptors (Lipinski definition) is 3. The molecule has 0 saturated heterocycles. The zero-order valence-electron chi connectivity index (χ0n) is 10.7. The van der Waals surface area contributed by atoms with Gasteiger partial charge in [0.1, 0.15) is 0 Å². The monoisotopic (exact) mass is 292 g/mol. The Kier molecular flexibility index (Phi) is 7.27. The molecule has 0 bridgehead atoms. The van der Waals surface area contributed by atoms with E-state index in [2.05, 4.69) is 0 Å². The van der Waals surface area contributed by atoms with E-state index in [1.165, 1.54) is 0 Å². The minimum absolute atomic E-state index is 0.0330. The number of benzene rings is 1. The summed E-state index contributed by atoms with van der Waals surface area (Å²) in [5.74, 6) is 0.0565. The summed E-state index contributed by atoms with van der Waals surface area (Å²) in [7, 11) is 0. The highest BCUT2D eigenvalue weighted by atomic mass is 32.2. The summed E-state index contributed by atoms with van der Waals surface area (Å²) in [5.41, 5.74) is 2.42. The fourth-order valence-electron chi connectivity index (χ4n) is 1.72. The fourth-order valence-corrected chi connectivity index (χ4v) is 2.30. The molecular weight excluding hydrogens is 273 g/mol. The van der Waals surface area contributed by atoms with Crippen LogP contribution in [0.3, 0.4) is 0 Å². The summed E-state index contributed by atoms with van der Waals surface area (Å²) in [6, 6.07) is 9.74. The zero-order chi connectivity index (χ0) is 14.1.